The van der Waals surface area contributed by atoms with E-state index < -0.39 is 0 Å². The zero-order chi connectivity index (χ0) is 18.5. The van der Waals surface area contributed by atoms with Crippen molar-refractivity contribution in [1.29, 1.82) is 0 Å². The third kappa shape index (κ3) is 4.07. The molecule has 2 bridgehead atoms. The summed E-state index contributed by atoms with van der Waals surface area (Å²) in [7, 11) is 0. The van der Waals surface area contributed by atoms with Gasteiger partial charge in [0.25, 0.3) is 11.8 Å². The molecule has 4 aliphatic carbocycles. The second-order valence-electron chi connectivity index (χ2n) is 6.82. The van der Waals surface area contributed by atoms with Crippen molar-refractivity contribution in [2.24, 2.45) is 23.7 Å². The van der Waals surface area contributed by atoms with E-state index in [0.29, 0.717) is 11.8 Å². The fourth-order valence-corrected chi connectivity index (χ4v) is 3.90. The van der Waals surface area contributed by atoms with Crippen LogP contribution in [-0.4, -0.2) is 23.6 Å². The summed E-state index contributed by atoms with van der Waals surface area (Å²) >= 11 is 0. The number of rotatable bonds is 0. The smallest absolute Gasteiger partial charge is 0.250 e. The van der Waals surface area contributed by atoms with E-state index in [0.717, 1.165) is 12.8 Å². The van der Waals surface area contributed by atoms with Gasteiger partial charge in [0.15, 0.2) is 0 Å². The van der Waals surface area contributed by atoms with Gasteiger partial charge in [0, 0.05) is 12.2 Å². The highest BCUT2D eigenvalue weighted by atomic mass is 16.2. The summed E-state index contributed by atoms with van der Waals surface area (Å²) in [5, 5.41) is 4.47. The van der Waals surface area contributed by atoms with Crippen molar-refractivity contribution in [3.05, 3.63) is 48.6 Å². The summed E-state index contributed by atoms with van der Waals surface area (Å²) in [6.07, 6.45) is 19.8. The van der Waals surface area contributed by atoms with E-state index in [1.165, 1.54) is 25.0 Å². The third-order valence-electron chi connectivity index (χ3n) is 5.12. The summed E-state index contributed by atoms with van der Waals surface area (Å²) in [6.45, 7) is 0. The highest BCUT2D eigenvalue weighted by molar-refractivity contribution is 6.12. The average Bonchev–Trinajstić information content (AvgIpc) is 3.21. The molecule has 6 nitrogen and oxygen atoms in total. The molecule has 6 aliphatic rings. The largest absolute Gasteiger partial charge is 0.296 e. The Balaban J connectivity index is 0.000000128. The molecule has 4 atom stereocenters. The molecular weight excluding hydrogens is 332 g/mol. The number of carbonyl (C=O) groups excluding carboxylic acids is 4. The van der Waals surface area contributed by atoms with Gasteiger partial charge in [-0.3, -0.25) is 29.8 Å². The van der Waals surface area contributed by atoms with Gasteiger partial charge in [-0.2, -0.15) is 0 Å². The highest BCUT2D eigenvalue weighted by Crippen LogP contribution is 2.47. The van der Waals surface area contributed by atoms with E-state index in [1.807, 2.05) is 5.32 Å². The first-order chi connectivity index (χ1) is 12.6. The van der Waals surface area contributed by atoms with Gasteiger partial charge in [-0.05, 0) is 37.5 Å². The van der Waals surface area contributed by atoms with Crippen molar-refractivity contribution in [2.45, 2.75) is 25.7 Å². The predicted octanol–water partition coefficient (Wildman–Crippen LogP) is 1.56. The van der Waals surface area contributed by atoms with Crippen LogP contribution >= 0.6 is 0 Å². The van der Waals surface area contributed by atoms with Crippen LogP contribution in [0.1, 0.15) is 25.7 Å². The predicted molar refractivity (Wildman–Crippen MR) is 95.3 cm³/mol. The lowest BCUT2D eigenvalue weighted by Gasteiger charge is -2.38. The Kier molecular flexibility index (Phi) is 5.61. The van der Waals surface area contributed by atoms with Gasteiger partial charge in [-0.25, -0.2) is 0 Å². The molecule has 6 rings (SSSR count). The van der Waals surface area contributed by atoms with Crippen molar-refractivity contribution in [1.82, 2.24) is 10.6 Å². The van der Waals surface area contributed by atoms with E-state index in [4.69, 9.17) is 0 Å². The van der Waals surface area contributed by atoms with Crippen molar-refractivity contribution in [3.63, 3.8) is 0 Å². The topological polar surface area (TPSA) is 92.3 Å². The molecule has 2 aliphatic heterocycles. The van der Waals surface area contributed by atoms with Crippen LogP contribution in [-0.2, 0) is 19.2 Å². The molecule has 0 spiro atoms. The molecule has 136 valence electrons. The monoisotopic (exact) mass is 354 g/mol. The van der Waals surface area contributed by atoms with Gasteiger partial charge in [-0.1, -0.05) is 36.5 Å². The second kappa shape index (κ2) is 8.08. The number of imide groups is 2. The normalized spacial score (nSPS) is 32.3. The number of allylic oxidation sites excluding steroid dienone is 6. The first kappa shape index (κ1) is 18.0. The van der Waals surface area contributed by atoms with Crippen LogP contribution in [0.2, 0.25) is 0 Å². The van der Waals surface area contributed by atoms with E-state index in [2.05, 4.69) is 41.8 Å². The molecule has 26 heavy (non-hydrogen) atoms. The molecule has 0 aromatic rings. The first-order valence-corrected chi connectivity index (χ1v) is 8.94. The standard InChI is InChI=1S/C10H11NO2.C6H8.C4H3NO2/c12-9-7-5-1-2-6(4-3-5)8(7)10(13)11-9;1-2-4-6-5-3-1;6-3-1-2-4(7)5-3/h1-2,5-8H,3-4H2,(H,11,12,13);1-4H,5-6H2;1-2H,(H,5,6,7). The van der Waals surface area contributed by atoms with Crippen LogP contribution in [0.15, 0.2) is 48.6 Å². The Hall–Kier alpha value is -2.76. The van der Waals surface area contributed by atoms with Crippen molar-refractivity contribution in [2.75, 3.05) is 0 Å². The lowest BCUT2D eigenvalue weighted by Crippen LogP contribution is -2.38. The Morgan fingerprint density at radius 2 is 1.15 bits per heavy atom. The minimum absolute atomic E-state index is 0.0451. The van der Waals surface area contributed by atoms with Gasteiger partial charge in [-0.15, -0.1) is 0 Å². The zero-order valence-corrected chi connectivity index (χ0v) is 14.4. The Labute approximate surface area is 152 Å². The Morgan fingerprint density at radius 1 is 0.692 bits per heavy atom. The highest BCUT2D eigenvalue weighted by Gasteiger charge is 2.52. The fraction of sp³-hybridized carbons (Fsp3) is 0.400. The number of fused-ring (bicyclic) bond motifs is 1. The van der Waals surface area contributed by atoms with Crippen LogP contribution in [0, 0.1) is 23.7 Å². The van der Waals surface area contributed by atoms with E-state index in [-0.39, 0.29) is 35.5 Å². The van der Waals surface area contributed by atoms with Crippen LogP contribution in [0.25, 0.3) is 0 Å². The van der Waals surface area contributed by atoms with Gasteiger partial charge in [0.2, 0.25) is 11.8 Å². The van der Waals surface area contributed by atoms with Crippen molar-refractivity contribution >= 4 is 23.6 Å². The number of hydrogen-bond donors (Lipinski definition) is 2. The first-order valence-electron chi connectivity index (χ1n) is 8.94. The molecule has 6 heteroatoms. The maximum absolute atomic E-state index is 11.4. The van der Waals surface area contributed by atoms with Crippen LogP contribution < -0.4 is 10.6 Å². The maximum atomic E-state index is 11.4. The summed E-state index contributed by atoms with van der Waals surface area (Å²) in [5.74, 6) is -0.200. The molecule has 2 N–H and O–H groups in total. The summed E-state index contributed by atoms with van der Waals surface area (Å²) in [4.78, 5) is 43.0. The van der Waals surface area contributed by atoms with Crippen molar-refractivity contribution in [3.8, 4) is 0 Å². The van der Waals surface area contributed by atoms with Gasteiger partial charge in [0.05, 0.1) is 11.8 Å². The van der Waals surface area contributed by atoms with Gasteiger partial charge >= 0.3 is 0 Å². The molecular formula is C20H22N2O4. The van der Waals surface area contributed by atoms with Gasteiger partial charge in [0.1, 0.15) is 0 Å². The number of nitrogens with one attached hydrogen (secondary N) is 2. The van der Waals surface area contributed by atoms with E-state index >= 15 is 0 Å². The van der Waals surface area contributed by atoms with Crippen LogP contribution in [0.5, 0.6) is 0 Å². The molecule has 0 aromatic heterocycles. The second-order valence-corrected chi connectivity index (χ2v) is 6.82. The van der Waals surface area contributed by atoms with Crippen LogP contribution in [0.3, 0.4) is 0 Å². The van der Waals surface area contributed by atoms with Crippen molar-refractivity contribution < 1.29 is 19.2 Å². The van der Waals surface area contributed by atoms with Crippen LogP contribution in [0.4, 0.5) is 0 Å². The number of carbonyl (C=O) groups is 4. The lowest BCUT2D eigenvalue weighted by molar-refractivity contribution is -0.127. The lowest BCUT2D eigenvalue weighted by atomic mass is 9.63. The molecule has 4 amide bonds. The fourth-order valence-electron chi connectivity index (χ4n) is 3.90. The van der Waals surface area contributed by atoms with E-state index in [1.54, 1.807) is 0 Å². The quantitative estimate of drug-likeness (QED) is 0.510. The summed E-state index contributed by atoms with van der Waals surface area (Å²) in [5.41, 5.74) is 0. The minimum atomic E-state index is -0.329. The molecule has 0 aromatic carbocycles. The maximum Gasteiger partial charge on any atom is 0.250 e. The summed E-state index contributed by atoms with van der Waals surface area (Å²) in [6, 6.07) is 0. The minimum Gasteiger partial charge on any atom is -0.296 e. The Morgan fingerprint density at radius 3 is 1.42 bits per heavy atom. The molecule has 2 heterocycles. The SMILES string of the molecule is C1=CCCC=C1.O=C1C=CC(=O)N1.O=C1NC(=O)C2C3C=CC(CC3)C12. The molecule has 4 unspecified atom stereocenters. The number of hydrogen-bond acceptors (Lipinski definition) is 4. The molecule has 0 radical (unpaired) electrons. The molecule has 2 fully saturated rings. The number of amides is 4. The third-order valence-corrected chi connectivity index (χ3v) is 5.12. The van der Waals surface area contributed by atoms with E-state index in [9.17, 15) is 19.2 Å². The average molecular weight is 354 g/mol. The van der Waals surface area contributed by atoms with Gasteiger partial charge < -0.3 is 0 Å². The Bertz CT molecular complexity index is 674. The zero-order valence-electron chi connectivity index (χ0n) is 14.4. The molecule has 1 saturated carbocycles. The summed E-state index contributed by atoms with van der Waals surface area (Å²) < 4.78 is 0. The molecule has 1 saturated heterocycles.